The normalized spacial score (nSPS) is 22.2. The average Bonchev–Trinajstić information content (AvgIpc) is 3.00. The highest BCUT2D eigenvalue weighted by Gasteiger charge is 2.18. The third-order valence-corrected chi connectivity index (χ3v) is 4.66. The largest absolute Gasteiger partial charge is 0.383 e. The molecule has 4 nitrogen and oxygen atoms in total. The van der Waals surface area contributed by atoms with Gasteiger partial charge in [0.05, 0.1) is 10.7 Å². The molecule has 21 heavy (non-hydrogen) atoms. The molecule has 0 amide bonds. The first-order chi connectivity index (χ1) is 10.2. The van der Waals surface area contributed by atoms with Gasteiger partial charge in [0.25, 0.3) is 0 Å². The van der Waals surface area contributed by atoms with Gasteiger partial charge in [-0.2, -0.15) is 5.10 Å². The van der Waals surface area contributed by atoms with Gasteiger partial charge in [-0.05, 0) is 36.8 Å². The standard InChI is InChI=1S/C16H21ClN4/c1-12-5-7-13(8-6-12)9-19-15-4-2-3-14(17)16(15)21-11-18-10-20-21/h2-4,10-13,19H,5-9H2,1H3. The van der Waals surface area contributed by atoms with Crippen LogP contribution in [0.4, 0.5) is 5.69 Å². The minimum absolute atomic E-state index is 0.683. The number of hydrogen-bond donors (Lipinski definition) is 1. The molecule has 0 spiro atoms. The Hall–Kier alpha value is -1.55. The van der Waals surface area contributed by atoms with Crippen LogP contribution in [-0.2, 0) is 0 Å². The molecule has 1 aromatic heterocycles. The molecule has 1 N–H and O–H groups in total. The molecule has 3 rings (SSSR count). The van der Waals surface area contributed by atoms with Crippen LogP contribution in [0.5, 0.6) is 0 Å². The number of nitrogens with zero attached hydrogens (tertiary/aromatic N) is 3. The number of benzene rings is 1. The van der Waals surface area contributed by atoms with Crippen molar-refractivity contribution in [1.82, 2.24) is 14.8 Å². The van der Waals surface area contributed by atoms with Gasteiger partial charge in [0.15, 0.2) is 0 Å². The van der Waals surface area contributed by atoms with Gasteiger partial charge in [0.1, 0.15) is 18.3 Å². The van der Waals surface area contributed by atoms with Crippen molar-refractivity contribution in [3.63, 3.8) is 0 Å². The van der Waals surface area contributed by atoms with E-state index in [-0.39, 0.29) is 0 Å². The summed E-state index contributed by atoms with van der Waals surface area (Å²) in [5.74, 6) is 1.64. The van der Waals surface area contributed by atoms with E-state index in [0.29, 0.717) is 5.02 Å². The molecule has 0 unspecified atom stereocenters. The predicted octanol–water partition coefficient (Wildman–Crippen LogP) is 4.16. The van der Waals surface area contributed by atoms with Crippen molar-refractivity contribution in [2.45, 2.75) is 32.6 Å². The average molecular weight is 305 g/mol. The van der Waals surface area contributed by atoms with Crippen LogP contribution in [0, 0.1) is 11.8 Å². The van der Waals surface area contributed by atoms with Crippen LogP contribution in [0.15, 0.2) is 30.9 Å². The van der Waals surface area contributed by atoms with Crippen LogP contribution >= 0.6 is 11.6 Å². The highest BCUT2D eigenvalue weighted by molar-refractivity contribution is 6.33. The molecule has 5 heteroatoms. The Labute approximate surface area is 130 Å². The van der Waals surface area contributed by atoms with Gasteiger partial charge in [0, 0.05) is 6.54 Å². The fourth-order valence-electron chi connectivity index (χ4n) is 3.00. The molecule has 1 heterocycles. The first kappa shape index (κ1) is 14.4. The fraction of sp³-hybridized carbons (Fsp3) is 0.500. The number of rotatable bonds is 4. The van der Waals surface area contributed by atoms with Crippen molar-refractivity contribution in [2.24, 2.45) is 11.8 Å². The van der Waals surface area contributed by atoms with Gasteiger partial charge in [-0.3, -0.25) is 0 Å². The molecule has 0 bridgehead atoms. The SMILES string of the molecule is CC1CCC(CNc2cccc(Cl)c2-n2cncn2)CC1. The Morgan fingerprint density at radius 3 is 2.81 bits per heavy atom. The summed E-state index contributed by atoms with van der Waals surface area (Å²) in [5, 5.41) is 8.43. The van der Waals surface area contributed by atoms with Crippen molar-refractivity contribution < 1.29 is 0 Å². The number of anilines is 1. The lowest BCUT2D eigenvalue weighted by molar-refractivity contribution is 0.300. The Morgan fingerprint density at radius 1 is 1.29 bits per heavy atom. The summed E-state index contributed by atoms with van der Waals surface area (Å²) in [5.41, 5.74) is 1.90. The summed E-state index contributed by atoms with van der Waals surface area (Å²) in [6, 6.07) is 5.90. The zero-order valence-electron chi connectivity index (χ0n) is 12.3. The minimum atomic E-state index is 0.683. The number of para-hydroxylation sites is 1. The Kier molecular flexibility index (Phi) is 4.44. The van der Waals surface area contributed by atoms with Crippen molar-refractivity contribution in [2.75, 3.05) is 11.9 Å². The summed E-state index contributed by atoms with van der Waals surface area (Å²) in [4.78, 5) is 4.00. The lowest BCUT2D eigenvalue weighted by Crippen LogP contribution is -2.20. The van der Waals surface area contributed by atoms with Crippen LogP contribution in [-0.4, -0.2) is 21.3 Å². The summed E-state index contributed by atoms with van der Waals surface area (Å²) >= 11 is 6.33. The summed E-state index contributed by atoms with van der Waals surface area (Å²) in [6.07, 6.45) is 8.51. The molecular weight excluding hydrogens is 284 g/mol. The number of nitrogens with one attached hydrogen (secondary N) is 1. The van der Waals surface area contributed by atoms with Crippen molar-refractivity contribution in [3.05, 3.63) is 35.9 Å². The Balaban J connectivity index is 1.72. The van der Waals surface area contributed by atoms with Gasteiger partial charge in [-0.1, -0.05) is 37.4 Å². The van der Waals surface area contributed by atoms with E-state index in [4.69, 9.17) is 11.6 Å². The maximum absolute atomic E-state index is 6.33. The van der Waals surface area contributed by atoms with Crippen LogP contribution in [0.3, 0.4) is 0 Å². The van der Waals surface area contributed by atoms with E-state index >= 15 is 0 Å². The molecule has 0 saturated heterocycles. The lowest BCUT2D eigenvalue weighted by atomic mass is 9.83. The number of halogens is 1. The molecule has 2 aromatic rings. The van der Waals surface area contributed by atoms with Crippen molar-refractivity contribution >= 4 is 17.3 Å². The maximum atomic E-state index is 6.33. The summed E-state index contributed by atoms with van der Waals surface area (Å²) in [6.45, 7) is 3.35. The molecule has 1 saturated carbocycles. The quantitative estimate of drug-likeness (QED) is 0.922. The van der Waals surface area contributed by atoms with E-state index in [1.807, 2.05) is 18.2 Å². The summed E-state index contributed by atoms with van der Waals surface area (Å²) < 4.78 is 1.72. The zero-order valence-corrected chi connectivity index (χ0v) is 13.1. The van der Waals surface area contributed by atoms with Crippen LogP contribution in [0.2, 0.25) is 5.02 Å². The van der Waals surface area contributed by atoms with Crippen molar-refractivity contribution in [3.8, 4) is 5.69 Å². The van der Waals surface area contributed by atoms with Gasteiger partial charge in [0.2, 0.25) is 0 Å². The van der Waals surface area contributed by atoms with Gasteiger partial charge in [-0.25, -0.2) is 9.67 Å². The smallest absolute Gasteiger partial charge is 0.138 e. The first-order valence-electron chi connectivity index (χ1n) is 7.61. The van der Waals surface area contributed by atoms with Crippen LogP contribution in [0.1, 0.15) is 32.6 Å². The highest BCUT2D eigenvalue weighted by atomic mass is 35.5. The molecule has 0 aliphatic heterocycles. The van der Waals surface area contributed by atoms with Crippen LogP contribution < -0.4 is 5.32 Å². The van der Waals surface area contributed by atoms with E-state index in [1.165, 1.54) is 32.0 Å². The topological polar surface area (TPSA) is 42.7 Å². The number of aromatic nitrogens is 3. The predicted molar refractivity (Wildman–Crippen MR) is 86.0 cm³/mol. The Morgan fingerprint density at radius 2 is 2.10 bits per heavy atom. The second-order valence-corrected chi connectivity index (χ2v) is 6.39. The second kappa shape index (κ2) is 6.48. The lowest BCUT2D eigenvalue weighted by Gasteiger charge is -2.27. The monoisotopic (exact) mass is 304 g/mol. The third kappa shape index (κ3) is 3.38. The maximum Gasteiger partial charge on any atom is 0.138 e. The first-order valence-corrected chi connectivity index (χ1v) is 7.99. The molecule has 1 aliphatic carbocycles. The molecule has 0 radical (unpaired) electrons. The molecule has 0 atom stereocenters. The van der Waals surface area contributed by atoms with E-state index in [9.17, 15) is 0 Å². The fourth-order valence-corrected chi connectivity index (χ4v) is 3.26. The van der Waals surface area contributed by atoms with Gasteiger partial charge in [-0.15, -0.1) is 0 Å². The second-order valence-electron chi connectivity index (χ2n) is 5.98. The minimum Gasteiger partial charge on any atom is -0.383 e. The van der Waals surface area contributed by atoms with E-state index in [0.717, 1.165) is 29.8 Å². The summed E-state index contributed by atoms with van der Waals surface area (Å²) in [7, 11) is 0. The Bertz CT molecular complexity index is 574. The molecule has 1 fully saturated rings. The molecule has 1 aromatic carbocycles. The number of hydrogen-bond acceptors (Lipinski definition) is 3. The van der Waals surface area contributed by atoms with Crippen LogP contribution in [0.25, 0.3) is 5.69 Å². The van der Waals surface area contributed by atoms with E-state index < -0.39 is 0 Å². The third-order valence-electron chi connectivity index (χ3n) is 4.35. The van der Waals surface area contributed by atoms with Gasteiger partial charge >= 0.3 is 0 Å². The van der Waals surface area contributed by atoms with Gasteiger partial charge < -0.3 is 5.32 Å². The van der Waals surface area contributed by atoms with E-state index in [1.54, 1.807) is 11.0 Å². The van der Waals surface area contributed by atoms with Crippen molar-refractivity contribution in [1.29, 1.82) is 0 Å². The zero-order chi connectivity index (χ0) is 14.7. The van der Waals surface area contributed by atoms with E-state index in [2.05, 4.69) is 22.3 Å². The highest BCUT2D eigenvalue weighted by Crippen LogP contribution is 2.31. The molecule has 1 aliphatic rings. The molecule has 112 valence electrons. The molecular formula is C16H21ClN4.